The maximum Gasteiger partial charge on any atom is 0.236 e. The zero-order valence-electron chi connectivity index (χ0n) is 16.9. The third-order valence-electron chi connectivity index (χ3n) is 3.99. The molecule has 3 aromatic rings. The van der Waals surface area contributed by atoms with Gasteiger partial charge in [-0.15, -0.1) is 35.3 Å². The second kappa shape index (κ2) is 11.8. The summed E-state index contributed by atoms with van der Waals surface area (Å²) in [7, 11) is 0. The molecule has 0 spiro atoms. The molecule has 0 unspecified atom stereocenters. The van der Waals surface area contributed by atoms with E-state index >= 15 is 0 Å². The van der Waals surface area contributed by atoms with Crippen molar-refractivity contribution in [1.82, 2.24) is 15.6 Å². The Morgan fingerprint density at radius 2 is 2.10 bits per heavy atom. The molecule has 0 saturated heterocycles. The Labute approximate surface area is 192 Å². The quantitative estimate of drug-likeness (QED) is 0.246. The van der Waals surface area contributed by atoms with Crippen LogP contribution in [0.5, 0.6) is 5.75 Å². The van der Waals surface area contributed by atoms with Crippen molar-refractivity contribution in [2.45, 2.75) is 33.9 Å². The van der Waals surface area contributed by atoms with E-state index in [0.29, 0.717) is 25.6 Å². The number of aromatic nitrogens is 1. The van der Waals surface area contributed by atoms with Crippen molar-refractivity contribution in [3.63, 3.8) is 0 Å². The van der Waals surface area contributed by atoms with E-state index < -0.39 is 0 Å². The number of benzene rings is 1. The van der Waals surface area contributed by atoms with Gasteiger partial charge in [0.25, 0.3) is 0 Å². The highest BCUT2D eigenvalue weighted by Crippen LogP contribution is 2.23. The summed E-state index contributed by atoms with van der Waals surface area (Å²) in [6.07, 6.45) is 1.68. The maximum absolute atomic E-state index is 5.75. The third kappa shape index (κ3) is 6.74. The average Bonchev–Trinajstić information content (AvgIpc) is 3.37. The normalized spacial score (nSPS) is 11.1. The van der Waals surface area contributed by atoms with E-state index in [2.05, 4.69) is 45.7 Å². The smallest absolute Gasteiger partial charge is 0.236 e. The van der Waals surface area contributed by atoms with Gasteiger partial charge >= 0.3 is 0 Å². The van der Waals surface area contributed by atoms with Crippen LogP contribution >= 0.6 is 35.3 Å². The van der Waals surface area contributed by atoms with Gasteiger partial charge < -0.3 is 19.8 Å². The van der Waals surface area contributed by atoms with Crippen LogP contribution in [0.15, 0.2) is 51.4 Å². The number of nitrogens with one attached hydrogen (secondary N) is 2. The minimum Gasteiger partial charge on any atom is -0.494 e. The fourth-order valence-corrected chi connectivity index (χ4v) is 3.32. The van der Waals surface area contributed by atoms with Gasteiger partial charge in [0.05, 0.1) is 30.3 Å². The molecule has 0 fully saturated rings. The lowest BCUT2D eigenvalue weighted by Crippen LogP contribution is -2.36. The summed E-state index contributed by atoms with van der Waals surface area (Å²) in [4.78, 5) is 10.2. The van der Waals surface area contributed by atoms with Gasteiger partial charge in [0.2, 0.25) is 5.89 Å². The number of rotatable bonds is 8. The van der Waals surface area contributed by atoms with Crippen molar-refractivity contribution in [3.05, 3.63) is 58.8 Å². The molecule has 0 aliphatic carbocycles. The van der Waals surface area contributed by atoms with Gasteiger partial charge in [0, 0.05) is 12.1 Å². The largest absolute Gasteiger partial charge is 0.494 e. The number of nitrogens with zero attached hydrogens (tertiary/aromatic N) is 2. The van der Waals surface area contributed by atoms with Crippen LogP contribution in [-0.2, 0) is 13.1 Å². The second-order valence-electron chi connectivity index (χ2n) is 6.21. The predicted octanol–water partition coefficient (Wildman–Crippen LogP) is 4.98. The van der Waals surface area contributed by atoms with Crippen molar-refractivity contribution in [3.8, 4) is 16.5 Å². The fraction of sp³-hybridized carbons (Fsp3) is 0.333. The van der Waals surface area contributed by atoms with Gasteiger partial charge in [-0.2, -0.15) is 0 Å². The van der Waals surface area contributed by atoms with E-state index in [1.54, 1.807) is 17.6 Å². The van der Waals surface area contributed by atoms with E-state index in [1.807, 2.05) is 31.4 Å². The highest BCUT2D eigenvalue weighted by Gasteiger charge is 2.09. The van der Waals surface area contributed by atoms with Gasteiger partial charge in [-0.05, 0) is 43.8 Å². The van der Waals surface area contributed by atoms with Crippen molar-refractivity contribution < 1.29 is 9.15 Å². The first-order chi connectivity index (χ1) is 13.7. The Morgan fingerprint density at radius 3 is 2.83 bits per heavy atom. The number of aryl methyl sites for hydroxylation is 1. The Balaban J connectivity index is 0.00000300. The molecule has 29 heavy (non-hydrogen) atoms. The number of guanidine groups is 1. The van der Waals surface area contributed by atoms with Crippen LogP contribution < -0.4 is 15.4 Å². The zero-order valence-corrected chi connectivity index (χ0v) is 20.0. The van der Waals surface area contributed by atoms with Crippen molar-refractivity contribution in [1.29, 1.82) is 0 Å². The van der Waals surface area contributed by atoms with E-state index in [1.165, 1.54) is 5.56 Å². The Kier molecular flexibility index (Phi) is 9.46. The van der Waals surface area contributed by atoms with E-state index in [-0.39, 0.29) is 24.0 Å². The predicted molar refractivity (Wildman–Crippen MR) is 129 cm³/mol. The van der Waals surface area contributed by atoms with Gasteiger partial charge in [-0.25, -0.2) is 9.98 Å². The van der Waals surface area contributed by atoms with E-state index in [4.69, 9.17) is 9.15 Å². The summed E-state index contributed by atoms with van der Waals surface area (Å²) >= 11 is 1.61. The van der Waals surface area contributed by atoms with E-state index in [0.717, 1.165) is 34.4 Å². The molecular weight excluding hydrogens is 499 g/mol. The van der Waals surface area contributed by atoms with Crippen molar-refractivity contribution >= 4 is 41.3 Å². The minimum absolute atomic E-state index is 0. The molecule has 2 N–H and O–H groups in total. The first kappa shape index (κ1) is 23.2. The summed E-state index contributed by atoms with van der Waals surface area (Å²) in [5.74, 6) is 2.26. The molecule has 3 rings (SSSR count). The minimum atomic E-state index is 0. The summed E-state index contributed by atoms with van der Waals surface area (Å²) in [5, 5.41) is 8.58. The Hall–Kier alpha value is -2.07. The first-order valence-corrected chi connectivity index (χ1v) is 10.3. The molecule has 6 nitrogen and oxygen atoms in total. The molecule has 8 heteroatoms. The fourth-order valence-electron chi connectivity index (χ4n) is 2.66. The molecule has 2 aromatic heterocycles. The van der Waals surface area contributed by atoms with Gasteiger partial charge in [-0.3, -0.25) is 0 Å². The van der Waals surface area contributed by atoms with Crippen LogP contribution in [0.3, 0.4) is 0 Å². The number of oxazole rings is 1. The first-order valence-electron chi connectivity index (χ1n) is 9.42. The lowest BCUT2D eigenvalue weighted by Gasteiger charge is -2.12. The monoisotopic (exact) mass is 526 g/mol. The van der Waals surface area contributed by atoms with Crippen molar-refractivity contribution in [2.24, 2.45) is 4.99 Å². The van der Waals surface area contributed by atoms with Crippen LogP contribution in [0.2, 0.25) is 0 Å². The summed E-state index contributed by atoms with van der Waals surface area (Å²) in [6, 6.07) is 10.2. The summed E-state index contributed by atoms with van der Waals surface area (Å²) in [6.45, 7) is 8.57. The molecule has 0 aliphatic rings. The summed E-state index contributed by atoms with van der Waals surface area (Å²) in [5.41, 5.74) is 3.07. The number of halogens is 1. The maximum atomic E-state index is 5.75. The molecule has 156 valence electrons. The number of hydrogen-bond donors (Lipinski definition) is 2. The molecular formula is C21H27IN4O2S. The highest BCUT2D eigenvalue weighted by atomic mass is 127. The van der Waals surface area contributed by atoms with Crippen LogP contribution in [0.25, 0.3) is 10.8 Å². The SMILES string of the molecule is CCNC(=NCc1ccc(C)cc1OCC)NCc1coc(-c2cccs2)n1.I. The lowest BCUT2D eigenvalue weighted by molar-refractivity contribution is 0.336. The number of ether oxygens (including phenoxy) is 1. The topological polar surface area (TPSA) is 71.7 Å². The standard InChI is InChI=1S/C21H26N4O2S.HI/c1-4-22-21(23-12-16-9-8-15(3)11-18(16)26-5-2)24-13-17-14-27-20(25-17)19-7-6-10-28-19;/h6-11,14H,4-5,12-13H2,1-3H3,(H2,22,23,24);1H. The third-order valence-corrected chi connectivity index (χ3v) is 4.85. The summed E-state index contributed by atoms with van der Waals surface area (Å²) < 4.78 is 11.3. The number of hydrogen-bond acceptors (Lipinski definition) is 5. The second-order valence-corrected chi connectivity index (χ2v) is 7.16. The van der Waals surface area contributed by atoms with Gasteiger partial charge in [0.15, 0.2) is 5.96 Å². The molecule has 0 bridgehead atoms. The van der Waals surface area contributed by atoms with Crippen molar-refractivity contribution in [2.75, 3.05) is 13.2 Å². The Morgan fingerprint density at radius 1 is 1.24 bits per heavy atom. The zero-order chi connectivity index (χ0) is 19.8. The average molecular weight is 526 g/mol. The molecule has 1 aromatic carbocycles. The lowest BCUT2D eigenvalue weighted by atomic mass is 10.1. The molecule has 0 amide bonds. The van der Waals surface area contributed by atoms with Gasteiger partial charge in [0.1, 0.15) is 12.0 Å². The number of thiophene rings is 1. The molecule has 0 aliphatic heterocycles. The molecule has 0 saturated carbocycles. The molecule has 0 atom stereocenters. The molecule has 0 radical (unpaired) electrons. The van der Waals surface area contributed by atoms with Crippen LogP contribution in [-0.4, -0.2) is 24.1 Å². The number of aliphatic imine (C=N–C) groups is 1. The van der Waals surface area contributed by atoms with Crippen LogP contribution in [0, 0.1) is 6.92 Å². The van der Waals surface area contributed by atoms with E-state index in [9.17, 15) is 0 Å². The highest BCUT2D eigenvalue weighted by molar-refractivity contribution is 14.0. The molecule has 2 heterocycles. The van der Waals surface area contributed by atoms with Crippen LogP contribution in [0.1, 0.15) is 30.7 Å². The van der Waals surface area contributed by atoms with Gasteiger partial charge in [-0.1, -0.05) is 18.2 Å². The Bertz CT molecular complexity index is 909. The van der Waals surface area contributed by atoms with Crippen LogP contribution in [0.4, 0.5) is 0 Å².